The number of rotatable bonds is 2. The lowest BCUT2D eigenvalue weighted by Gasteiger charge is -2.33. The molecule has 0 radical (unpaired) electrons. The standard InChI is InChI=1S/C16H13ClN2O/c17-19-14(16(18)20)10-12-8-4-5-9-13(12)15(19)11-6-2-1-3-7-11/h1-10,15H,(H2,18,20). The molecule has 0 bridgehead atoms. The van der Waals surface area contributed by atoms with Gasteiger partial charge in [0.05, 0.1) is 6.04 Å². The van der Waals surface area contributed by atoms with Gasteiger partial charge in [-0.2, -0.15) is 0 Å². The van der Waals surface area contributed by atoms with Crippen LogP contribution in [0.4, 0.5) is 0 Å². The summed E-state index contributed by atoms with van der Waals surface area (Å²) in [4.78, 5) is 11.6. The number of nitrogens with two attached hydrogens (primary N) is 1. The van der Waals surface area contributed by atoms with Crippen molar-refractivity contribution in [1.29, 1.82) is 0 Å². The highest BCUT2D eigenvalue weighted by Gasteiger charge is 2.30. The number of nitrogens with zero attached hydrogens (tertiary/aromatic N) is 1. The van der Waals surface area contributed by atoms with Crippen LogP contribution >= 0.6 is 11.8 Å². The van der Waals surface area contributed by atoms with E-state index in [9.17, 15) is 4.79 Å². The summed E-state index contributed by atoms with van der Waals surface area (Å²) in [6, 6.07) is 17.5. The fourth-order valence-electron chi connectivity index (χ4n) is 2.48. The zero-order valence-electron chi connectivity index (χ0n) is 10.7. The molecule has 1 aliphatic heterocycles. The molecule has 0 saturated heterocycles. The number of amides is 1. The highest BCUT2D eigenvalue weighted by atomic mass is 35.5. The Morgan fingerprint density at radius 3 is 2.40 bits per heavy atom. The van der Waals surface area contributed by atoms with Gasteiger partial charge in [0.25, 0.3) is 5.91 Å². The molecular formula is C16H13ClN2O. The Bertz CT molecular complexity index is 682. The minimum absolute atomic E-state index is 0.221. The van der Waals surface area contributed by atoms with Gasteiger partial charge in [-0.1, -0.05) is 54.6 Å². The molecule has 0 aromatic heterocycles. The molecule has 1 aliphatic rings. The molecule has 2 aromatic rings. The summed E-state index contributed by atoms with van der Waals surface area (Å²) in [6.07, 6.45) is 1.73. The smallest absolute Gasteiger partial charge is 0.266 e. The molecular weight excluding hydrogens is 272 g/mol. The molecule has 2 aromatic carbocycles. The van der Waals surface area contributed by atoms with Crippen LogP contribution in [0.3, 0.4) is 0 Å². The normalized spacial score (nSPS) is 17.4. The summed E-state index contributed by atoms with van der Waals surface area (Å²) in [6.45, 7) is 0. The van der Waals surface area contributed by atoms with E-state index >= 15 is 0 Å². The van der Waals surface area contributed by atoms with Crippen LogP contribution in [-0.2, 0) is 4.79 Å². The quantitative estimate of drug-likeness (QED) is 0.862. The third-order valence-corrected chi connectivity index (χ3v) is 3.78. The van der Waals surface area contributed by atoms with Gasteiger partial charge in [0.15, 0.2) is 0 Å². The molecule has 4 heteroatoms. The monoisotopic (exact) mass is 284 g/mol. The second kappa shape index (κ2) is 5.02. The molecule has 0 saturated carbocycles. The third-order valence-electron chi connectivity index (χ3n) is 3.41. The van der Waals surface area contributed by atoms with Crippen molar-refractivity contribution in [2.45, 2.75) is 6.04 Å². The highest BCUT2D eigenvalue weighted by molar-refractivity contribution is 6.19. The maximum Gasteiger partial charge on any atom is 0.266 e. The van der Waals surface area contributed by atoms with E-state index < -0.39 is 5.91 Å². The molecule has 3 rings (SSSR count). The number of halogens is 1. The number of hydrogen-bond acceptors (Lipinski definition) is 2. The van der Waals surface area contributed by atoms with Gasteiger partial charge in [0, 0.05) is 11.8 Å². The van der Waals surface area contributed by atoms with Crippen molar-refractivity contribution in [3.63, 3.8) is 0 Å². The van der Waals surface area contributed by atoms with E-state index in [2.05, 4.69) is 0 Å². The third kappa shape index (κ3) is 2.06. The summed E-state index contributed by atoms with van der Waals surface area (Å²) >= 11 is 6.37. The molecule has 0 fully saturated rings. The van der Waals surface area contributed by atoms with E-state index in [0.29, 0.717) is 5.70 Å². The fraction of sp³-hybridized carbons (Fsp3) is 0.0625. The molecule has 100 valence electrons. The van der Waals surface area contributed by atoms with Gasteiger partial charge in [-0.05, 0) is 22.8 Å². The van der Waals surface area contributed by atoms with Crippen LogP contribution in [0.2, 0.25) is 0 Å². The minimum atomic E-state index is -0.532. The number of primary amides is 1. The number of fused-ring (bicyclic) bond motifs is 1. The Morgan fingerprint density at radius 2 is 1.70 bits per heavy atom. The Labute approximate surface area is 122 Å². The van der Waals surface area contributed by atoms with Crippen LogP contribution in [0, 0.1) is 0 Å². The zero-order chi connectivity index (χ0) is 14.1. The summed E-state index contributed by atoms with van der Waals surface area (Å²) in [5.74, 6) is -0.532. The first kappa shape index (κ1) is 12.8. The highest BCUT2D eigenvalue weighted by Crippen LogP contribution is 2.39. The van der Waals surface area contributed by atoms with Gasteiger partial charge in [0.2, 0.25) is 0 Å². The van der Waals surface area contributed by atoms with E-state index in [0.717, 1.165) is 16.7 Å². The Balaban J connectivity index is 2.19. The first-order valence-corrected chi connectivity index (χ1v) is 6.62. The number of carbonyl (C=O) groups excluding carboxylic acids is 1. The van der Waals surface area contributed by atoms with E-state index in [1.54, 1.807) is 6.08 Å². The Morgan fingerprint density at radius 1 is 1.05 bits per heavy atom. The van der Waals surface area contributed by atoms with Crippen LogP contribution < -0.4 is 5.73 Å². The van der Waals surface area contributed by atoms with Crippen molar-refractivity contribution >= 4 is 23.8 Å². The summed E-state index contributed by atoms with van der Waals surface area (Å²) in [5.41, 5.74) is 8.76. The van der Waals surface area contributed by atoms with Crippen LogP contribution in [0.15, 0.2) is 60.3 Å². The lowest BCUT2D eigenvalue weighted by atomic mass is 9.91. The maximum atomic E-state index is 11.6. The van der Waals surface area contributed by atoms with Gasteiger partial charge in [-0.3, -0.25) is 9.21 Å². The van der Waals surface area contributed by atoms with Crippen molar-refractivity contribution in [2.24, 2.45) is 5.73 Å². The molecule has 2 N–H and O–H groups in total. The van der Waals surface area contributed by atoms with Gasteiger partial charge in [-0.25, -0.2) is 0 Å². The SMILES string of the molecule is NC(=O)C1=Cc2ccccc2C(c2ccccc2)N1Cl. The largest absolute Gasteiger partial charge is 0.364 e. The molecule has 20 heavy (non-hydrogen) atoms. The van der Waals surface area contributed by atoms with Gasteiger partial charge < -0.3 is 5.73 Å². The van der Waals surface area contributed by atoms with Crippen molar-refractivity contribution in [3.8, 4) is 0 Å². The summed E-state index contributed by atoms with van der Waals surface area (Å²) in [7, 11) is 0. The first-order chi connectivity index (χ1) is 9.68. The summed E-state index contributed by atoms with van der Waals surface area (Å²) in [5, 5.41) is 0. The molecule has 1 heterocycles. The molecule has 1 atom stereocenters. The average molecular weight is 285 g/mol. The molecule has 0 aliphatic carbocycles. The molecule has 1 unspecified atom stereocenters. The first-order valence-electron chi connectivity index (χ1n) is 6.29. The minimum Gasteiger partial charge on any atom is -0.364 e. The number of benzene rings is 2. The van der Waals surface area contributed by atoms with Crippen molar-refractivity contribution in [2.75, 3.05) is 0 Å². The molecule has 1 amide bonds. The lowest BCUT2D eigenvalue weighted by Crippen LogP contribution is -2.31. The average Bonchev–Trinajstić information content (AvgIpc) is 2.47. The van der Waals surface area contributed by atoms with Crippen molar-refractivity contribution in [3.05, 3.63) is 77.0 Å². The predicted molar refractivity (Wildman–Crippen MR) is 79.6 cm³/mol. The Hall–Kier alpha value is -2.26. The van der Waals surface area contributed by atoms with Gasteiger partial charge in [-0.15, -0.1) is 0 Å². The van der Waals surface area contributed by atoms with E-state index in [1.165, 1.54) is 4.42 Å². The Kier molecular flexibility index (Phi) is 3.20. The maximum absolute atomic E-state index is 11.6. The van der Waals surface area contributed by atoms with E-state index in [4.69, 9.17) is 17.5 Å². The van der Waals surface area contributed by atoms with Gasteiger partial charge >= 0.3 is 0 Å². The van der Waals surface area contributed by atoms with Crippen LogP contribution in [0.1, 0.15) is 22.7 Å². The topological polar surface area (TPSA) is 46.3 Å². The molecule has 0 spiro atoms. The van der Waals surface area contributed by atoms with Crippen LogP contribution in [0.25, 0.3) is 6.08 Å². The second-order valence-electron chi connectivity index (χ2n) is 4.65. The number of carbonyl (C=O) groups is 1. The van der Waals surface area contributed by atoms with E-state index in [-0.39, 0.29) is 6.04 Å². The predicted octanol–water partition coefficient (Wildman–Crippen LogP) is 3.07. The second-order valence-corrected chi connectivity index (χ2v) is 5.01. The van der Waals surface area contributed by atoms with Crippen LogP contribution in [-0.4, -0.2) is 10.3 Å². The molecule has 3 nitrogen and oxygen atoms in total. The van der Waals surface area contributed by atoms with Crippen molar-refractivity contribution < 1.29 is 4.79 Å². The fourth-order valence-corrected chi connectivity index (χ4v) is 2.83. The summed E-state index contributed by atoms with van der Waals surface area (Å²) < 4.78 is 1.42. The number of hydrogen-bond donors (Lipinski definition) is 1. The van der Waals surface area contributed by atoms with Crippen LogP contribution in [0.5, 0.6) is 0 Å². The lowest BCUT2D eigenvalue weighted by molar-refractivity contribution is -0.115. The van der Waals surface area contributed by atoms with Gasteiger partial charge in [0.1, 0.15) is 5.70 Å². The zero-order valence-corrected chi connectivity index (χ0v) is 11.4. The van der Waals surface area contributed by atoms with E-state index in [1.807, 2.05) is 54.6 Å². The van der Waals surface area contributed by atoms with Crippen molar-refractivity contribution in [1.82, 2.24) is 4.42 Å².